The van der Waals surface area contributed by atoms with Gasteiger partial charge in [0.15, 0.2) is 0 Å². The summed E-state index contributed by atoms with van der Waals surface area (Å²) in [7, 11) is 3.16. The van der Waals surface area contributed by atoms with Gasteiger partial charge in [-0.3, -0.25) is 4.79 Å². The maximum atomic E-state index is 13.0. The van der Waals surface area contributed by atoms with Crippen molar-refractivity contribution >= 4 is 5.78 Å². The average molecular weight is 376 g/mol. The lowest BCUT2D eigenvalue weighted by molar-refractivity contribution is 0.102. The van der Waals surface area contributed by atoms with Crippen LogP contribution < -0.4 is 9.47 Å². The van der Waals surface area contributed by atoms with Crippen LogP contribution in [-0.2, 0) is 12.8 Å². The first-order valence-electron chi connectivity index (χ1n) is 8.93. The fourth-order valence-electron chi connectivity index (χ4n) is 3.75. The van der Waals surface area contributed by atoms with Crippen molar-refractivity contribution in [2.24, 2.45) is 0 Å². The predicted molar refractivity (Wildman–Crippen MR) is 105 cm³/mol. The number of phenolic OH excluding ortho intramolecular Hbond substituents is 2. The van der Waals surface area contributed by atoms with Crippen molar-refractivity contribution in [3.63, 3.8) is 0 Å². The molecular weight excluding hydrogens is 356 g/mol. The summed E-state index contributed by atoms with van der Waals surface area (Å²) in [5.74, 6) is 0.864. The number of aromatic hydroxyl groups is 2. The Morgan fingerprint density at radius 1 is 0.893 bits per heavy atom. The summed E-state index contributed by atoms with van der Waals surface area (Å²) in [6.45, 7) is 0. The Morgan fingerprint density at radius 3 is 2.39 bits per heavy atom. The van der Waals surface area contributed by atoms with Crippen LogP contribution in [0.15, 0.2) is 48.5 Å². The largest absolute Gasteiger partial charge is 0.507 e. The monoisotopic (exact) mass is 376 g/mol. The zero-order valence-electron chi connectivity index (χ0n) is 15.7. The fraction of sp³-hybridized carbons (Fsp3) is 0.174. The molecule has 0 unspecified atom stereocenters. The van der Waals surface area contributed by atoms with Gasteiger partial charge in [-0.1, -0.05) is 30.3 Å². The van der Waals surface area contributed by atoms with Crippen molar-refractivity contribution in [3.8, 4) is 23.0 Å². The zero-order chi connectivity index (χ0) is 19.8. The third kappa shape index (κ3) is 2.85. The Bertz CT molecular complexity index is 1080. The molecule has 28 heavy (non-hydrogen) atoms. The van der Waals surface area contributed by atoms with Gasteiger partial charge in [0.2, 0.25) is 5.78 Å². The van der Waals surface area contributed by atoms with Gasteiger partial charge in [0.1, 0.15) is 23.0 Å². The van der Waals surface area contributed by atoms with Crippen LogP contribution in [-0.4, -0.2) is 30.2 Å². The molecule has 5 heteroatoms. The number of phenols is 2. The Balaban J connectivity index is 1.76. The molecule has 0 aliphatic heterocycles. The van der Waals surface area contributed by atoms with Crippen molar-refractivity contribution in [3.05, 3.63) is 81.9 Å². The Hall–Kier alpha value is -3.47. The van der Waals surface area contributed by atoms with Gasteiger partial charge in [-0.2, -0.15) is 0 Å². The predicted octanol–water partition coefficient (Wildman–Crippen LogP) is 3.84. The number of carbonyl (C=O) groups is 1. The number of fused-ring (bicyclic) bond motifs is 2. The Morgan fingerprint density at radius 2 is 1.64 bits per heavy atom. The minimum Gasteiger partial charge on any atom is -0.507 e. The summed E-state index contributed by atoms with van der Waals surface area (Å²) < 4.78 is 10.7. The number of carbonyl (C=O) groups excluding carboxylic acids is 1. The van der Waals surface area contributed by atoms with E-state index in [-0.39, 0.29) is 28.4 Å². The quantitative estimate of drug-likeness (QED) is 0.566. The van der Waals surface area contributed by atoms with Crippen molar-refractivity contribution in [2.45, 2.75) is 12.8 Å². The van der Waals surface area contributed by atoms with E-state index in [1.807, 2.05) is 30.3 Å². The molecule has 3 aromatic carbocycles. The van der Waals surface area contributed by atoms with Crippen LogP contribution >= 0.6 is 0 Å². The minimum absolute atomic E-state index is 0.0470. The number of ketones is 1. The molecule has 0 atom stereocenters. The van der Waals surface area contributed by atoms with E-state index >= 15 is 0 Å². The van der Waals surface area contributed by atoms with Gasteiger partial charge in [-0.15, -0.1) is 0 Å². The van der Waals surface area contributed by atoms with Gasteiger partial charge in [-0.25, -0.2) is 0 Å². The molecular formula is C23H20O5. The zero-order valence-corrected chi connectivity index (χ0v) is 15.7. The second kappa shape index (κ2) is 6.93. The van der Waals surface area contributed by atoms with Gasteiger partial charge in [-0.05, 0) is 40.8 Å². The molecule has 3 aromatic rings. The van der Waals surface area contributed by atoms with Crippen LogP contribution in [0.25, 0.3) is 0 Å². The highest BCUT2D eigenvalue weighted by Gasteiger charge is 2.29. The smallest absolute Gasteiger partial charge is 0.201 e. The molecule has 4 rings (SSSR count). The standard InChI is InChI=1S/C23H20O5/c1-27-17-9-8-13(19(12-17)28-2)10-16-7-6-15-11-14-4-3-5-18(24)20(14)23(26)21(15)22(16)25/h3-9,12,24-25H,10-11H2,1-2H3. The van der Waals surface area contributed by atoms with E-state index in [9.17, 15) is 15.0 Å². The molecule has 0 saturated carbocycles. The lowest BCUT2D eigenvalue weighted by atomic mass is 9.82. The summed E-state index contributed by atoms with van der Waals surface area (Å²) in [4.78, 5) is 13.0. The van der Waals surface area contributed by atoms with E-state index in [0.29, 0.717) is 29.9 Å². The first-order valence-corrected chi connectivity index (χ1v) is 8.93. The number of hydrogen-bond acceptors (Lipinski definition) is 5. The van der Waals surface area contributed by atoms with Gasteiger partial charge >= 0.3 is 0 Å². The van der Waals surface area contributed by atoms with E-state index in [1.165, 1.54) is 6.07 Å². The molecule has 5 nitrogen and oxygen atoms in total. The third-order valence-electron chi connectivity index (χ3n) is 5.19. The van der Waals surface area contributed by atoms with Gasteiger partial charge in [0.05, 0.1) is 25.3 Å². The Kier molecular flexibility index (Phi) is 4.43. The maximum absolute atomic E-state index is 13.0. The highest BCUT2D eigenvalue weighted by Crippen LogP contribution is 2.39. The van der Waals surface area contributed by atoms with Crippen LogP contribution in [0.5, 0.6) is 23.0 Å². The van der Waals surface area contributed by atoms with Crippen LogP contribution in [0.2, 0.25) is 0 Å². The van der Waals surface area contributed by atoms with E-state index in [1.54, 1.807) is 26.4 Å². The van der Waals surface area contributed by atoms with Crippen molar-refractivity contribution in [1.29, 1.82) is 0 Å². The van der Waals surface area contributed by atoms with Crippen LogP contribution in [0.3, 0.4) is 0 Å². The van der Waals surface area contributed by atoms with Crippen LogP contribution in [0, 0.1) is 0 Å². The van der Waals surface area contributed by atoms with Gasteiger partial charge in [0.25, 0.3) is 0 Å². The maximum Gasteiger partial charge on any atom is 0.201 e. The molecule has 142 valence electrons. The SMILES string of the molecule is COc1ccc(Cc2ccc3c(c2O)C(=O)c2c(O)cccc2C3)c(OC)c1. The highest BCUT2D eigenvalue weighted by molar-refractivity contribution is 6.15. The minimum atomic E-state index is -0.351. The molecule has 1 aliphatic rings. The van der Waals surface area contributed by atoms with Crippen LogP contribution in [0.1, 0.15) is 38.2 Å². The first-order chi connectivity index (χ1) is 13.5. The Labute approximate surface area is 162 Å². The van der Waals surface area contributed by atoms with Gasteiger partial charge in [0, 0.05) is 12.5 Å². The molecule has 0 spiro atoms. The van der Waals surface area contributed by atoms with E-state index in [4.69, 9.17) is 9.47 Å². The number of benzene rings is 3. The number of ether oxygens (including phenoxy) is 2. The average Bonchev–Trinajstić information content (AvgIpc) is 2.70. The highest BCUT2D eigenvalue weighted by atomic mass is 16.5. The molecule has 0 aromatic heterocycles. The van der Waals surface area contributed by atoms with Crippen LogP contribution in [0.4, 0.5) is 0 Å². The molecule has 1 aliphatic carbocycles. The number of methoxy groups -OCH3 is 2. The van der Waals surface area contributed by atoms with Crippen molar-refractivity contribution in [1.82, 2.24) is 0 Å². The summed E-state index contributed by atoms with van der Waals surface area (Å²) in [5, 5.41) is 21.0. The van der Waals surface area contributed by atoms with E-state index in [0.717, 1.165) is 16.7 Å². The summed E-state index contributed by atoms with van der Waals surface area (Å²) in [6.07, 6.45) is 0.887. The lowest BCUT2D eigenvalue weighted by Gasteiger charge is -2.22. The lowest BCUT2D eigenvalue weighted by Crippen LogP contribution is -2.16. The molecule has 0 amide bonds. The summed E-state index contributed by atoms with van der Waals surface area (Å²) in [6, 6.07) is 14.2. The molecule has 0 saturated heterocycles. The molecule has 0 heterocycles. The summed E-state index contributed by atoms with van der Waals surface area (Å²) in [5.41, 5.74) is 3.54. The number of hydrogen-bond donors (Lipinski definition) is 2. The van der Waals surface area contributed by atoms with Gasteiger partial charge < -0.3 is 19.7 Å². The van der Waals surface area contributed by atoms with Crippen molar-refractivity contribution < 1.29 is 24.5 Å². The first kappa shape index (κ1) is 17.9. The molecule has 0 bridgehead atoms. The van der Waals surface area contributed by atoms with Crippen molar-refractivity contribution in [2.75, 3.05) is 14.2 Å². The van der Waals surface area contributed by atoms with E-state index in [2.05, 4.69) is 0 Å². The van der Waals surface area contributed by atoms with E-state index < -0.39 is 0 Å². The molecule has 0 fully saturated rings. The molecule has 2 N–H and O–H groups in total. The third-order valence-corrected chi connectivity index (χ3v) is 5.19. The normalized spacial score (nSPS) is 12.3. The summed E-state index contributed by atoms with van der Waals surface area (Å²) >= 11 is 0. The topological polar surface area (TPSA) is 76.0 Å². The fourth-order valence-corrected chi connectivity index (χ4v) is 3.75. The second-order valence-corrected chi connectivity index (χ2v) is 6.78. The number of rotatable bonds is 4. The molecule has 0 radical (unpaired) electrons. The second-order valence-electron chi connectivity index (χ2n) is 6.78.